The van der Waals surface area contributed by atoms with Crippen molar-refractivity contribution in [2.45, 2.75) is 0 Å². The van der Waals surface area contributed by atoms with E-state index in [0.29, 0.717) is 24.3 Å². The number of hydrogen-bond acceptors (Lipinski definition) is 6. The molecule has 2 aromatic carbocycles. The van der Waals surface area contributed by atoms with Crippen molar-refractivity contribution in [1.82, 2.24) is 15.0 Å². The fourth-order valence-corrected chi connectivity index (χ4v) is 2.05. The molecule has 0 atom stereocenters. The second-order valence-corrected chi connectivity index (χ2v) is 4.81. The third-order valence-corrected chi connectivity index (χ3v) is 3.09. The first-order valence-electron chi connectivity index (χ1n) is 7.33. The number of nitrogens with zero attached hydrogens (tertiary/aromatic N) is 3. The number of rotatable bonds is 6. The van der Waals surface area contributed by atoms with Crippen LogP contribution in [0, 0.1) is 0 Å². The standard InChI is InChI=1S/C17H17N5O/c23-12-11-18-16-20-15(13-7-3-1-4-8-13)21-17(22-16)19-14-9-5-2-6-10-14/h1-10,23H,11-12H2,(H2,18,19,20,21,22). The molecule has 0 unspecified atom stereocenters. The quantitative estimate of drug-likeness (QED) is 0.649. The van der Waals surface area contributed by atoms with Crippen molar-refractivity contribution in [1.29, 1.82) is 0 Å². The highest BCUT2D eigenvalue weighted by atomic mass is 16.3. The molecular formula is C17H17N5O. The zero-order valence-corrected chi connectivity index (χ0v) is 12.5. The van der Waals surface area contributed by atoms with E-state index in [1.165, 1.54) is 0 Å². The largest absolute Gasteiger partial charge is 0.395 e. The minimum absolute atomic E-state index is 0.00774. The number of aliphatic hydroxyl groups excluding tert-OH is 1. The van der Waals surface area contributed by atoms with E-state index in [1.54, 1.807) is 0 Å². The molecule has 116 valence electrons. The van der Waals surface area contributed by atoms with Gasteiger partial charge in [0.2, 0.25) is 11.9 Å². The summed E-state index contributed by atoms with van der Waals surface area (Å²) in [6.45, 7) is 0.386. The van der Waals surface area contributed by atoms with Gasteiger partial charge in [-0.25, -0.2) is 0 Å². The fourth-order valence-electron chi connectivity index (χ4n) is 2.05. The Bertz CT molecular complexity index is 749. The van der Waals surface area contributed by atoms with Gasteiger partial charge in [-0.05, 0) is 12.1 Å². The maximum Gasteiger partial charge on any atom is 0.232 e. The van der Waals surface area contributed by atoms with Gasteiger partial charge in [-0.15, -0.1) is 0 Å². The summed E-state index contributed by atoms with van der Waals surface area (Å²) in [7, 11) is 0. The Morgan fingerprint density at radius 3 is 2.13 bits per heavy atom. The second-order valence-electron chi connectivity index (χ2n) is 4.81. The lowest BCUT2D eigenvalue weighted by molar-refractivity contribution is 0.311. The summed E-state index contributed by atoms with van der Waals surface area (Å²) in [5, 5.41) is 15.1. The minimum atomic E-state index is 0.00774. The first-order valence-corrected chi connectivity index (χ1v) is 7.33. The molecule has 0 aliphatic carbocycles. The SMILES string of the molecule is OCCNc1nc(Nc2ccccc2)nc(-c2ccccc2)n1. The van der Waals surface area contributed by atoms with Crippen molar-refractivity contribution in [3.8, 4) is 11.4 Å². The molecule has 0 saturated heterocycles. The van der Waals surface area contributed by atoms with Crippen molar-refractivity contribution in [3.05, 3.63) is 60.7 Å². The Morgan fingerprint density at radius 1 is 0.783 bits per heavy atom. The lowest BCUT2D eigenvalue weighted by atomic mass is 10.2. The zero-order valence-electron chi connectivity index (χ0n) is 12.5. The molecule has 3 N–H and O–H groups in total. The van der Waals surface area contributed by atoms with Crippen LogP contribution in [0.25, 0.3) is 11.4 Å². The summed E-state index contributed by atoms with van der Waals surface area (Å²) in [6.07, 6.45) is 0. The number of hydrogen-bond donors (Lipinski definition) is 3. The number of aromatic nitrogens is 3. The lowest BCUT2D eigenvalue weighted by Gasteiger charge is -2.10. The molecule has 23 heavy (non-hydrogen) atoms. The molecule has 0 radical (unpaired) electrons. The van der Waals surface area contributed by atoms with Gasteiger partial charge in [-0.2, -0.15) is 15.0 Å². The highest BCUT2D eigenvalue weighted by Crippen LogP contribution is 2.19. The molecule has 0 amide bonds. The predicted molar refractivity (Wildman–Crippen MR) is 90.6 cm³/mol. The monoisotopic (exact) mass is 307 g/mol. The number of nitrogens with one attached hydrogen (secondary N) is 2. The van der Waals surface area contributed by atoms with Crippen LogP contribution < -0.4 is 10.6 Å². The number of anilines is 3. The molecule has 0 aliphatic rings. The van der Waals surface area contributed by atoms with E-state index in [1.807, 2.05) is 60.7 Å². The highest BCUT2D eigenvalue weighted by Gasteiger charge is 2.08. The Balaban J connectivity index is 1.94. The number of benzene rings is 2. The molecule has 0 saturated carbocycles. The summed E-state index contributed by atoms with van der Waals surface area (Å²) in [4.78, 5) is 13.2. The van der Waals surface area contributed by atoms with E-state index < -0.39 is 0 Å². The van der Waals surface area contributed by atoms with Crippen LogP contribution in [-0.2, 0) is 0 Å². The lowest BCUT2D eigenvalue weighted by Crippen LogP contribution is -2.11. The Labute approximate surface area is 134 Å². The molecular weight excluding hydrogens is 290 g/mol. The number of para-hydroxylation sites is 1. The molecule has 6 nitrogen and oxygen atoms in total. The van der Waals surface area contributed by atoms with E-state index in [0.717, 1.165) is 11.3 Å². The molecule has 0 aliphatic heterocycles. The van der Waals surface area contributed by atoms with Gasteiger partial charge in [0.25, 0.3) is 0 Å². The van der Waals surface area contributed by atoms with Gasteiger partial charge in [0.15, 0.2) is 5.82 Å². The zero-order chi connectivity index (χ0) is 15.9. The van der Waals surface area contributed by atoms with Gasteiger partial charge in [0.05, 0.1) is 6.61 Å². The highest BCUT2D eigenvalue weighted by molar-refractivity contribution is 5.60. The van der Waals surface area contributed by atoms with Crippen LogP contribution in [0.5, 0.6) is 0 Å². The average Bonchev–Trinajstić information content (AvgIpc) is 2.61. The van der Waals surface area contributed by atoms with E-state index in [4.69, 9.17) is 5.11 Å². The smallest absolute Gasteiger partial charge is 0.232 e. The third-order valence-electron chi connectivity index (χ3n) is 3.09. The Morgan fingerprint density at radius 2 is 1.43 bits per heavy atom. The predicted octanol–water partition coefficient (Wildman–Crippen LogP) is 2.69. The summed E-state index contributed by atoms with van der Waals surface area (Å²) < 4.78 is 0. The van der Waals surface area contributed by atoms with E-state index in [9.17, 15) is 0 Å². The van der Waals surface area contributed by atoms with Crippen LogP contribution in [0.15, 0.2) is 60.7 Å². The van der Waals surface area contributed by atoms with E-state index >= 15 is 0 Å². The van der Waals surface area contributed by atoms with Crippen LogP contribution >= 0.6 is 0 Å². The van der Waals surface area contributed by atoms with Gasteiger partial charge in [0.1, 0.15) is 0 Å². The van der Waals surface area contributed by atoms with E-state index in [2.05, 4.69) is 25.6 Å². The molecule has 3 aromatic rings. The number of aliphatic hydroxyl groups is 1. The van der Waals surface area contributed by atoms with Crippen molar-refractivity contribution in [3.63, 3.8) is 0 Å². The van der Waals surface area contributed by atoms with Crippen LogP contribution in [-0.4, -0.2) is 33.2 Å². The van der Waals surface area contributed by atoms with Gasteiger partial charge in [0, 0.05) is 17.8 Å². The molecule has 0 fully saturated rings. The van der Waals surface area contributed by atoms with Crippen molar-refractivity contribution >= 4 is 17.6 Å². The second kappa shape index (κ2) is 7.33. The van der Waals surface area contributed by atoms with Crippen molar-refractivity contribution in [2.75, 3.05) is 23.8 Å². The van der Waals surface area contributed by atoms with Gasteiger partial charge in [-0.1, -0.05) is 48.5 Å². The van der Waals surface area contributed by atoms with E-state index in [-0.39, 0.29) is 6.61 Å². The first kappa shape index (κ1) is 14.9. The van der Waals surface area contributed by atoms with Crippen molar-refractivity contribution < 1.29 is 5.11 Å². The minimum Gasteiger partial charge on any atom is -0.395 e. The van der Waals surface area contributed by atoms with Gasteiger partial charge >= 0.3 is 0 Å². The molecule has 0 bridgehead atoms. The summed E-state index contributed by atoms with van der Waals surface area (Å²) in [6, 6.07) is 19.4. The topological polar surface area (TPSA) is 83.0 Å². The Hall–Kier alpha value is -2.99. The van der Waals surface area contributed by atoms with Crippen LogP contribution in [0.2, 0.25) is 0 Å². The summed E-state index contributed by atoms with van der Waals surface area (Å²) in [5.74, 6) is 1.44. The normalized spacial score (nSPS) is 10.3. The van der Waals surface area contributed by atoms with Crippen LogP contribution in [0.1, 0.15) is 0 Å². The fraction of sp³-hybridized carbons (Fsp3) is 0.118. The third kappa shape index (κ3) is 4.02. The van der Waals surface area contributed by atoms with Crippen LogP contribution in [0.4, 0.5) is 17.6 Å². The van der Waals surface area contributed by atoms with Crippen molar-refractivity contribution in [2.24, 2.45) is 0 Å². The molecule has 1 heterocycles. The molecule has 1 aromatic heterocycles. The Kier molecular flexibility index (Phi) is 4.76. The molecule has 0 spiro atoms. The first-order chi connectivity index (χ1) is 11.3. The summed E-state index contributed by atoms with van der Waals surface area (Å²) in [5.41, 5.74) is 1.80. The molecule has 3 rings (SSSR count). The maximum atomic E-state index is 8.97. The van der Waals surface area contributed by atoms with Gasteiger partial charge in [-0.3, -0.25) is 0 Å². The summed E-state index contributed by atoms with van der Waals surface area (Å²) >= 11 is 0. The average molecular weight is 307 g/mol. The van der Waals surface area contributed by atoms with Gasteiger partial charge < -0.3 is 15.7 Å². The molecule has 6 heteroatoms. The van der Waals surface area contributed by atoms with Crippen LogP contribution in [0.3, 0.4) is 0 Å². The maximum absolute atomic E-state index is 8.97.